The van der Waals surface area contributed by atoms with Gasteiger partial charge in [-0.15, -0.1) is 0 Å². The lowest BCUT2D eigenvalue weighted by Gasteiger charge is -2.30. The molecule has 0 unspecified atom stereocenters. The molecule has 3 nitrogen and oxygen atoms in total. The number of carbonyl (C=O) groups excluding carboxylic acids is 2. The second-order valence-corrected chi connectivity index (χ2v) is 7.69. The van der Waals surface area contributed by atoms with Crippen LogP contribution in [0.4, 0.5) is 18.9 Å². The fourth-order valence-electron chi connectivity index (χ4n) is 2.45. The Morgan fingerprint density at radius 2 is 1.86 bits per heavy atom. The van der Waals surface area contributed by atoms with Crippen LogP contribution in [0.2, 0.25) is 0 Å². The third kappa shape index (κ3) is 3.34. The van der Waals surface area contributed by atoms with Crippen molar-refractivity contribution in [3.63, 3.8) is 0 Å². The van der Waals surface area contributed by atoms with Gasteiger partial charge < -0.3 is 4.90 Å². The summed E-state index contributed by atoms with van der Waals surface area (Å²) in [6, 6.07) is 4.47. The number of hydrogen-bond donors (Lipinski definition) is 0. The highest BCUT2D eigenvalue weighted by Crippen LogP contribution is 2.33. The number of halogens is 4. The lowest BCUT2D eigenvalue weighted by molar-refractivity contribution is -0.170. The summed E-state index contributed by atoms with van der Waals surface area (Å²) in [6.45, 7) is 3.44. The van der Waals surface area contributed by atoms with Crippen LogP contribution >= 0.6 is 15.9 Å². The molecule has 1 aromatic rings. The van der Waals surface area contributed by atoms with Crippen LogP contribution in [0, 0.1) is 0 Å². The van der Waals surface area contributed by atoms with Crippen LogP contribution in [0.15, 0.2) is 18.2 Å². The molecule has 0 aromatic heterocycles. The Morgan fingerprint density at radius 1 is 1.23 bits per heavy atom. The Bertz CT molecular complexity index is 620. The van der Waals surface area contributed by atoms with Crippen molar-refractivity contribution in [2.75, 3.05) is 11.4 Å². The zero-order valence-corrected chi connectivity index (χ0v) is 13.7. The standard InChI is InChI=1S/C15H15BrF3NO2/c1-14(2,16)12(21)10-5-6-11-9(8-10)4-3-7-20(11)13(22)15(17,18)19/h5-6,8H,3-4,7H2,1-2H3. The molecule has 0 bridgehead atoms. The highest BCUT2D eigenvalue weighted by atomic mass is 79.9. The lowest BCUT2D eigenvalue weighted by Crippen LogP contribution is -2.44. The fourth-order valence-corrected chi connectivity index (χ4v) is 2.67. The third-order valence-corrected chi connectivity index (χ3v) is 3.85. The number of benzene rings is 1. The minimum Gasteiger partial charge on any atom is -0.304 e. The van der Waals surface area contributed by atoms with Gasteiger partial charge in [0.2, 0.25) is 0 Å². The third-order valence-electron chi connectivity index (χ3n) is 3.49. The van der Waals surface area contributed by atoms with Crippen molar-refractivity contribution in [2.24, 2.45) is 0 Å². The molecule has 1 heterocycles. The highest BCUT2D eigenvalue weighted by Gasteiger charge is 2.44. The van der Waals surface area contributed by atoms with Gasteiger partial charge in [-0.1, -0.05) is 15.9 Å². The Kier molecular flexibility index (Phi) is 4.39. The Hall–Kier alpha value is -1.37. The van der Waals surface area contributed by atoms with E-state index in [0.29, 0.717) is 24.0 Å². The number of anilines is 1. The summed E-state index contributed by atoms with van der Waals surface area (Å²) in [5.41, 5.74) is 1.24. The summed E-state index contributed by atoms with van der Waals surface area (Å²) in [4.78, 5) is 24.4. The molecule has 0 aliphatic carbocycles. The average Bonchev–Trinajstić information content (AvgIpc) is 2.42. The van der Waals surface area contributed by atoms with Gasteiger partial charge in [-0.3, -0.25) is 9.59 Å². The molecule has 1 aliphatic heterocycles. The van der Waals surface area contributed by atoms with E-state index < -0.39 is 16.4 Å². The van der Waals surface area contributed by atoms with Crippen LogP contribution in [-0.2, 0) is 11.2 Å². The second kappa shape index (κ2) is 5.68. The van der Waals surface area contributed by atoms with Gasteiger partial charge in [0.1, 0.15) is 0 Å². The van der Waals surface area contributed by atoms with Crippen LogP contribution in [0.1, 0.15) is 36.2 Å². The van der Waals surface area contributed by atoms with Crippen LogP contribution in [0.5, 0.6) is 0 Å². The molecule has 0 saturated carbocycles. The molecule has 0 fully saturated rings. The summed E-state index contributed by atoms with van der Waals surface area (Å²) in [7, 11) is 0. The number of carbonyl (C=O) groups is 2. The lowest BCUT2D eigenvalue weighted by atomic mass is 9.94. The number of Topliss-reactive ketones (excluding diaryl/α,β-unsaturated/α-hetero) is 1. The van der Waals surface area contributed by atoms with E-state index in [-0.39, 0.29) is 18.0 Å². The molecule has 1 aromatic carbocycles. The first-order valence-corrected chi connectivity index (χ1v) is 7.56. The number of nitrogens with zero attached hydrogens (tertiary/aromatic N) is 1. The normalized spacial score (nSPS) is 15.5. The SMILES string of the molecule is CC(C)(Br)C(=O)c1ccc2c(c1)CCCN2C(=O)C(F)(F)F. The molecule has 0 saturated heterocycles. The minimum absolute atomic E-state index is 0.0303. The average molecular weight is 378 g/mol. The molecule has 7 heteroatoms. The van der Waals surface area contributed by atoms with Gasteiger partial charge in [-0.05, 0) is 50.5 Å². The van der Waals surface area contributed by atoms with E-state index in [1.807, 2.05) is 0 Å². The number of alkyl halides is 4. The summed E-state index contributed by atoms with van der Waals surface area (Å²) < 4.78 is 37.2. The van der Waals surface area contributed by atoms with E-state index >= 15 is 0 Å². The molecule has 2 rings (SSSR count). The first-order valence-electron chi connectivity index (χ1n) is 6.77. The Labute approximate surface area is 134 Å². The fraction of sp³-hybridized carbons (Fsp3) is 0.467. The predicted octanol–water partition coefficient (Wildman–Crippen LogP) is 3.88. The van der Waals surface area contributed by atoms with E-state index in [4.69, 9.17) is 0 Å². The first kappa shape index (κ1) is 17.0. The number of hydrogen-bond acceptors (Lipinski definition) is 2. The topological polar surface area (TPSA) is 37.4 Å². The van der Waals surface area contributed by atoms with E-state index in [1.54, 1.807) is 19.9 Å². The van der Waals surface area contributed by atoms with Crippen LogP contribution < -0.4 is 4.90 Å². The van der Waals surface area contributed by atoms with Crippen molar-refractivity contribution in [3.05, 3.63) is 29.3 Å². The molecular formula is C15H15BrF3NO2. The number of aryl methyl sites for hydroxylation is 1. The molecule has 0 atom stereocenters. The van der Waals surface area contributed by atoms with E-state index in [0.717, 1.165) is 4.90 Å². The summed E-state index contributed by atoms with van der Waals surface area (Å²) in [6.07, 6.45) is -3.92. The molecule has 0 spiro atoms. The monoisotopic (exact) mass is 377 g/mol. The quantitative estimate of drug-likeness (QED) is 0.579. The zero-order valence-electron chi connectivity index (χ0n) is 12.1. The molecule has 0 N–H and O–H groups in total. The van der Waals surface area contributed by atoms with Gasteiger partial charge >= 0.3 is 12.1 Å². The van der Waals surface area contributed by atoms with Crippen LogP contribution in [0.25, 0.3) is 0 Å². The molecule has 0 radical (unpaired) electrons. The maximum absolute atomic E-state index is 12.6. The second-order valence-electron chi connectivity index (χ2n) is 5.70. The van der Waals surface area contributed by atoms with Crippen molar-refractivity contribution in [2.45, 2.75) is 37.2 Å². The van der Waals surface area contributed by atoms with Crippen molar-refractivity contribution < 1.29 is 22.8 Å². The first-order chi connectivity index (χ1) is 10.0. The van der Waals surface area contributed by atoms with Gasteiger partial charge in [0.25, 0.3) is 0 Å². The maximum atomic E-state index is 12.6. The number of rotatable bonds is 2. The molecule has 1 amide bonds. The number of ketones is 1. The molecule has 1 aliphatic rings. The number of amides is 1. The van der Waals surface area contributed by atoms with Crippen molar-refractivity contribution in [3.8, 4) is 0 Å². The largest absolute Gasteiger partial charge is 0.471 e. The van der Waals surface area contributed by atoms with Crippen molar-refractivity contribution >= 4 is 33.3 Å². The van der Waals surface area contributed by atoms with Gasteiger partial charge in [0.15, 0.2) is 5.78 Å². The van der Waals surface area contributed by atoms with Gasteiger partial charge in [0, 0.05) is 17.8 Å². The summed E-state index contributed by atoms with van der Waals surface area (Å²) in [5.74, 6) is -2.03. The Balaban J connectivity index is 2.39. The van der Waals surface area contributed by atoms with E-state index in [2.05, 4.69) is 15.9 Å². The van der Waals surface area contributed by atoms with Crippen LogP contribution in [-0.4, -0.2) is 28.7 Å². The molecular weight excluding hydrogens is 363 g/mol. The number of fused-ring (bicyclic) bond motifs is 1. The van der Waals surface area contributed by atoms with Crippen molar-refractivity contribution in [1.82, 2.24) is 0 Å². The van der Waals surface area contributed by atoms with Gasteiger partial charge in [0.05, 0.1) is 4.32 Å². The van der Waals surface area contributed by atoms with E-state index in [9.17, 15) is 22.8 Å². The predicted molar refractivity (Wildman–Crippen MR) is 80.5 cm³/mol. The zero-order chi connectivity index (χ0) is 16.7. The Morgan fingerprint density at radius 3 is 2.41 bits per heavy atom. The highest BCUT2D eigenvalue weighted by molar-refractivity contribution is 9.10. The van der Waals surface area contributed by atoms with Crippen LogP contribution in [0.3, 0.4) is 0 Å². The maximum Gasteiger partial charge on any atom is 0.471 e. The smallest absolute Gasteiger partial charge is 0.304 e. The minimum atomic E-state index is -4.90. The molecule has 22 heavy (non-hydrogen) atoms. The summed E-state index contributed by atoms with van der Waals surface area (Å²) >= 11 is 3.28. The van der Waals surface area contributed by atoms with Crippen molar-refractivity contribution in [1.29, 1.82) is 0 Å². The summed E-state index contributed by atoms with van der Waals surface area (Å²) in [5, 5.41) is 0. The molecule has 120 valence electrons. The van der Waals surface area contributed by atoms with Gasteiger partial charge in [-0.25, -0.2) is 0 Å². The van der Waals surface area contributed by atoms with Gasteiger partial charge in [-0.2, -0.15) is 13.2 Å². The van der Waals surface area contributed by atoms with E-state index in [1.165, 1.54) is 12.1 Å².